The van der Waals surface area contributed by atoms with Crippen LogP contribution in [0.2, 0.25) is 0 Å². The van der Waals surface area contributed by atoms with Crippen LogP contribution < -0.4 is 0 Å². The lowest BCUT2D eigenvalue weighted by atomic mass is 10.0. The Morgan fingerprint density at radius 3 is 1.30 bits per heavy atom. The number of rotatable bonds is 24. The van der Waals surface area contributed by atoms with Gasteiger partial charge in [0.25, 0.3) is 0 Å². The Bertz CT molecular complexity index is 397. The van der Waals surface area contributed by atoms with E-state index in [0.717, 1.165) is 25.7 Å². The predicted octanol–water partition coefficient (Wildman–Crippen LogP) is 9.79. The van der Waals surface area contributed by atoms with Crippen LogP contribution in [-0.2, 0) is 4.79 Å². The molecule has 0 unspecified atom stereocenters. The molecule has 0 radical (unpaired) electrons. The van der Waals surface area contributed by atoms with Crippen LogP contribution in [0.4, 0.5) is 0 Å². The highest BCUT2D eigenvalue weighted by molar-refractivity contribution is 5.66. The molecule has 0 bridgehead atoms. The van der Waals surface area contributed by atoms with Crippen molar-refractivity contribution in [1.82, 2.24) is 0 Å². The number of allylic oxidation sites excluding steroid dienone is 4. The monoisotopic (exact) mass is 420 g/mol. The fourth-order valence-electron chi connectivity index (χ4n) is 3.86. The van der Waals surface area contributed by atoms with Gasteiger partial charge in [-0.3, -0.25) is 4.79 Å². The first-order valence-electron chi connectivity index (χ1n) is 13.3. The molecule has 0 heterocycles. The summed E-state index contributed by atoms with van der Waals surface area (Å²) in [5.74, 6) is -0.684. The zero-order chi connectivity index (χ0) is 22.0. The molecule has 0 aliphatic carbocycles. The summed E-state index contributed by atoms with van der Waals surface area (Å²) >= 11 is 0. The normalized spacial score (nSPS) is 11.8. The van der Waals surface area contributed by atoms with E-state index in [4.69, 9.17) is 5.11 Å². The summed E-state index contributed by atoms with van der Waals surface area (Å²) in [6.07, 6.45) is 37.1. The fourth-order valence-corrected chi connectivity index (χ4v) is 3.86. The molecule has 0 saturated carbocycles. The Morgan fingerprint density at radius 2 is 0.900 bits per heavy atom. The summed E-state index contributed by atoms with van der Waals surface area (Å²) in [4.78, 5) is 10.4. The van der Waals surface area contributed by atoms with Gasteiger partial charge in [-0.15, -0.1) is 0 Å². The van der Waals surface area contributed by atoms with E-state index in [0.29, 0.717) is 6.42 Å². The third-order valence-corrected chi connectivity index (χ3v) is 5.84. The number of aliphatic carboxylic acids is 1. The quantitative estimate of drug-likeness (QED) is 0.125. The van der Waals surface area contributed by atoms with Gasteiger partial charge in [-0.2, -0.15) is 0 Å². The highest BCUT2D eigenvalue weighted by atomic mass is 16.4. The molecule has 0 spiro atoms. The SMILES string of the molecule is CCCCCCCCCCCCCCCCCC/C=C\C/C=C\CCCCC(=O)O. The minimum Gasteiger partial charge on any atom is -0.481 e. The molecule has 0 aromatic heterocycles. The molecule has 0 saturated heterocycles. The van der Waals surface area contributed by atoms with Gasteiger partial charge in [0.1, 0.15) is 0 Å². The lowest BCUT2D eigenvalue weighted by Crippen LogP contribution is -1.92. The Labute approximate surface area is 188 Å². The first kappa shape index (κ1) is 28.9. The van der Waals surface area contributed by atoms with Crippen LogP contribution in [-0.4, -0.2) is 11.1 Å². The van der Waals surface area contributed by atoms with Crippen molar-refractivity contribution in [2.75, 3.05) is 0 Å². The maximum atomic E-state index is 10.4. The Balaban J connectivity index is 3.13. The van der Waals surface area contributed by atoms with Crippen LogP contribution in [0.3, 0.4) is 0 Å². The van der Waals surface area contributed by atoms with Crippen LogP contribution in [0.1, 0.15) is 148 Å². The highest BCUT2D eigenvalue weighted by Crippen LogP contribution is 2.14. The molecule has 0 aliphatic heterocycles. The second-order valence-electron chi connectivity index (χ2n) is 8.91. The first-order chi connectivity index (χ1) is 14.8. The van der Waals surface area contributed by atoms with E-state index in [1.54, 1.807) is 0 Å². The van der Waals surface area contributed by atoms with Crippen LogP contribution in [0.25, 0.3) is 0 Å². The molecule has 30 heavy (non-hydrogen) atoms. The molecule has 0 aromatic carbocycles. The van der Waals surface area contributed by atoms with Gasteiger partial charge in [0.15, 0.2) is 0 Å². The standard InChI is InChI=1S/C28H52O2/c1-2-3-4-5-6-7-8-9-10-11-12-13-14-15-16-17-18-19-20-21-22-23-24-25-26-27-28(29)30/h19-20,22-23H,2-18,21,24-27H2,1H3,(H,29,30)/b20-19-,23-22-. The largest absolute Gasteiger partial charge is 0.481 e. The smallest absolute Gasteiger partial charge is 0.303 e. The number of carbonyl (C=O) groups is 1. The molecule has 2 nitrogen and oxygen atoms in total. The van der Waals surface area contributed by atoms with Crippen molar-refractivity contribution in [3.05, 3.63) is 24.3 Å². The Morgan fingerprint density at radius 1 is 0.533 bits per heavy atom. The van der Waals surface area contributed by atoms with E-state index in [1.807, 2.05) is 0 Å². The summed E-state index contributed by atoms with van der Waals surface area (Å²) < 4.78 is 0. The van der Waals surface area contributed by atoms with Gasteiger partial charge in [0.05, 0.1) is 0 Å². The second-order valence-corrected chi connectivity index (χ2v) is 8.91. The summed E-state index contributed by atoms with van der Waals surface area (Å²) in [6, 6.07) is 0. The van der Waals surface area contributed by atoms with Crippen molar-refractivity contribution in [2.45, 2.75) is 148 Å². The van der Waals surface area contributed by atoms with Crippen molar-refractivity contribution in [3.8, 4) is 0 Å². The van der Waals surface area contributed by atoms with E-state index >= 15 is 0 Å². The van der Waals surface area contributed by atoms with Crippen molar-refractivity contribution >= 4 is 5.97 Å². The molecule has 0 amide bonds. The van der Waals surface area contributed by atoms with Crippen molar-refractivity contribution in [2.24, 2.45) is 0 Å². The minimum absolute atomic E-state index is 0.299. The van der Waals surface area contributed by atoms with Gasteiger partial charge in [-0.25, -0.2) is 0 Å². The number of unbranched alkanes of at least 4 members (excludes halogenated alkanes) is 18. The average Bonchev–Trinajstić information content (AvgIpc) is 2.73. The van der Waals surface area contributed by atoms with Crippen LogP contribution in [0.15, 0.2) is 24.3 Å². The molecule has 176 valence electrons. The second kappa shape index (κ2) is 26.0. The van der Waals surface area contributed by atoms with Crippen LogP contribution in [0.5, 0.6) is 0 Å². The number of hydrogen-bond acceptors (Lipinski definition) is 1. The van der Waals surface area contributed by atoms with Crippen molar-refractivity contribution < 1.29 is 9.90 Å². The summed E-state index contributed by atoms with van der Waals surface area (Å²) in [5, 5.41) is 8.57. The fraction of sp³-hybridized carbons (Fsp3) is 0.821. The lowest BCUT2D eigenvalue weighted by Gasteiger charge is -2.03. The third kappa shape index (κ3) is 27.0. The topological polar surface area (TPSA) is 37.3 Å². The van der Waals surface area contributed by atoms with Gasteiger partial charge < -0.3 is 5.11 Å². The molecular formula is C28H52O2. The maximum absolute atomic E-state index is 10.4. The molecule has 0 aromatic rings. The van der Waals surface area contributed by atoms with Gasteiger partial charge in [-0.05, 0) is 38.5 Å². The van der Waals surface area contributed by atoms with Crippen LogP contribution in [0, 0.1) is 0 Å². The number of carboxylic acid groups (broad SMARTS) is 1. The zero-order valence-corrected chi connectivity index (χ0v) is 20.2. The predicted molar refractivity (Wildman–Crippen MR) is 133 cm³/mol. The molecule has 2 heteroatoms. The highest BCUT2D eigenvalue weighted by Gasteiger charge is 1.95. The Kier molecular flexibility index (Phi) is 25.1. The van der Waals surface area contributed by atoms with E-state index in [9.17, 15) is 4.79 Å². The average molecular weight is 421 g/mol. The number of hydrogen-bond donors (Lipinski definition) is 1. The van der Waals surface area contributed by atoms with Gasteiger partial charge in [0, 0.05) is 6.42 Å². The molecule has 0 rings (SSSR count). The maximum Gasteiger partial charge on any atom is 0.303 e. The summed E-state index contributed by atoms with van der Waals surface area (Å²) in [6.45, 7) is 2.29. The molecular weight excluding hydrogens is 368 g/mol. The van der Waals surface area contributed by atoms with Gasteiger partial charge in [-0.1, -0.05) is 128 Å². The summed E-state index contributed by atoms with van der Waals surface area (Å²) in [5.41, 5.74) is 0. The molecule has 0 aliphatic rings. The first-order valence-corrected chi connectivity index (χ1v) is 13.3. The minimum atomic E-state index is -0.684. The van der Waals surface area contributed by atoms with E-state index in [-0.39, 0.29) is 0 Å². The van der Waals surface area contributed by atoms with Gasteiger partial charge >= 0.3 is 5.97 Å². The number of carboxylic acids is 1. The third-order valence-electron chi connectivity index (χ3n) is 5.84. The van der Waals surface area contributed by atoms with Crippen molar-refractivity contribution in [1.29, 1.82) is 0 Å². The molecule has 0 fully saturated rings. The van der Waals surface area contributed by atoms with E-state index in [1.165, 1.54) is 109 Å². The van der Waals surface area contributed by atoms with E-state index < -0.39 is 5.97 Å². The molecule has 0 atom stereocenters. The van der Waals surface area contributed by atoms with Crippen molar-refractivity contribution in [3.63, 3.8) is 0 Å². The van der Waals surface area contributed by atoms with E-state index in [2.05, 4.69) is 31.2 Å². The lowest BCUT2D eigenvalue weighted by molar-refractivity contribution is -0.137. The van der Waals surface area contributed by atoms with Gasteiger partial charge in [0.2, 0.25) is 0 Å². The Hall–Kier alpha value is -1.05. The van der Waals surface area contributed by atoms with Crippen LogP contribution >= 0.6 is 0 Å². The molecule has 1 N–H and O–H groups in total. The summed E-state index contributed by atoms with van der Waals surface area (Å²) in [7, 11) is 0. The zero-order valence-electron chi connectivity index (χ0n) is 20.2.